The van der Waals surface area contributed by atoms with Gasteiger partial charge in [-0.1, -0.05) is 63.0 Å². The van der Waals surface area contributed by atoms with Gasteiger partial charge in [0, 0.05) is 7.11 Å². The first-order valence-electron chi connectivity index (χ1n) is 7.03. The normalized spacial score (nSPS) is 15.2. The van der Waals surface area contributed by atoms with Crippen molar-refractivity contribution in [2.45, 2.75) is 46.3 Å². The highest BCUT2D eigenvalue weighted by Crippen LogP contribution is 2.37. The van der Waals surface area contributed by atoms with Crippen LogP contribution < -0.4 is 5.32 Å². The Labute approximate surface area is 132 Å². The lowest BCUT2D eigenvalue weighted by molar-refractivity contribution is -0.0119. The Hall–Kier alpha value is -0.280. The number of nitrogens with one attached hydrogen (secondary N) is 1. The topological polar surface area (TPSA) is 21.3 Å². The third-order valence-corrected chi connectivity index (χ3v) is 4.17. The summed E-state index contributed by atoms with van der Waals surface area (Å²) >= 11 is 12.5. The van der Waals surface area contributed by atoms with E-state index in [1.807, 2.05) is 18.2 Å². The van der Waals surface area contributed by atoms with Crippen LogP contribution in [-0.2, 0) is 4.74 Å². The van der Waals surface area contributed by atoms with Crippen LogP contribution in [0.1, 0.15) is 45.7 Å². The standard InChI is InChI=1S/C16H25Cl2NO/c1-6-10-19-14(15(20-5)16(2,3)4)11-8-7-9-12(17)13(11)18/h7-9,14-15,19H,6,10H2,1-5H3. The van der Waals surface area contributed by atoms with Crippen molar-refractivity contribution in [1.29, 1.82) is 0 Å². The number of rotatable bonds is 6. The minimum atomic E-state index is -0.00813. The van der Waals surface area contributed by atoms with Gasteiger partial charge >= 0.3 is 0 Å². The van der Waals surface area contributed by atoms with Gasteiger partial charge in [-0.15, -0.1) is 0 Å². The highest BCUT2D eigenvalue weighted by Gasteiger charge is 2.34. The largest absolute Gasteiger partial charge is 0.379 e. The number of methoxy groups -OCH3 is 1. The number of hydrogen-bond donors (Lipinski definition) is 1. The summed E-state index contributed by atoms with van der Waals surface area (Å²) in [5, 5.41) is 4.73. The predicted octanol–water partition coefficient (Wildman–Crippen LogP) is 5.10. The minimum absolute atomic E-state index is 0.00465. The van der Waals surface area contributed by atoms with Gasteiger partial charge in [0.25, 0.3) is 0 Å². The molecule has 0 aromatic heterocycles. The van der Waals surface area contributed by atoms with E-state index < -0.39 is 0 Å². The van der Waals surface area contributed by atoms with Crippen LogP contribution in [-0.4, -0.2) is 19.8 Å². The molecular formula is C16H25Cl2NO. The van der Waals surface area contributed by atoms with Crippen LogP contribution in [0.15, 0.2) is 18.2 Å². The quantitative estimate of drug-likeness (QED) is 0.788. The van der Waals surface area contributed by atoms with Crippen LogP contribution in [0.25, 0.3) is 0 Å². The van der Waals surface area contributed by atoms with E-state index in [1.165, 1.54) is 0 Å². The molecule has 0 aliphatic rings. The first kappa shape index (κ1) is 17.8. The molecule has 2 nitrogen and oxygen atoms in total. The average molecular weight is 318 g/mol. The monoisotopic (exact) mass is 317 g/mol. The van der Waals surface area contributed by atoms with E-state index in [2.05, 4.69) is 33.0 Å². The molecule has 1 rings (SSSR count). The van der Waals surface area contributed by atoms with E-state index in [-0.39, 0.29) is 17.6 Å². The lowest BCUT2D eigenvalue weighted by Gasteiger charge is -2.37. The van der Waals surface area contributed by atoms with Crippen molar-refractivity contribution in [3.05, 3.63) is 33.8 Å². The predicted molar refractivity (Wildman–Crippen MR) is 87.7 cm³/mol. The van der Waals surface area contributed by atoms with E-state index in [1.54, 1.807) is 7.11 Å². The molecule has 114 valence electrons. The lowest BCUT2D eigenvalue weighted by atomic mass is 9.82. The third-order valence-electron chi connectivity index (χ3n) is 3.34. The molecule has 0 radical (unpaired) electrons. The second kappa shape index (κ2) is 7.65. The Bertz CT molecular complexity index is 429. The first-order chi connectivity index (χ1) is 9.32. The molecular weight excluding hydrogens is 293 g/mol. The minimum Gasteiger partial charge on any atom is -0.379 e. The molecule has 0 heterocycles. The van der Waals surface area contributed by atoms with Crippen molar-refractivity contribution < 1.29 is 4.74 Å². The molecule has 1 N–H and O–H groups in total. The maximum atomic E-state index is 6.39. The summed E-state index contributed by atoms with van der Waals surface area (Å²) in [6.07, 6.45) is 1.06. The molecule has 20 heavy (non-hydrogen) atoms. The summed E-state index contributed by atoms with van der Waals surface area (Å²) < 4.78 is 5.76. The van der Waals surface area contributed by atoms with Crippen molar-refractivity contribution in [1.82, 2.24) is 5.32 Å². The Morgan fingerprint density at radius 2 is 1.90 bits per heavy atom. The molecule has 1 aromatic carbocycles. The van der Waals surface area contributed by atoms with Crippen LogP contribution in [0, 0.1) is 5.41 Å². The average Bonchev–Trinajstić information content (AvgIpc) is 2.36. The zero-order chi connectivity index (χ0) is 15.3. The summed E-state index contributed by atoms with van der Waals surface area (Å²) in [6.45, 7) is 9.55. The molecule has 0 aliphatic carbocycles. The van der Waals surface area contributed by atoms with Crippen molar-refractivity contribution in [3.8, 4) is 0 Å². The molecule has 0 spiro atoms. The number of benzene rings is 1. The summed E-state index contributed by atoms with van der Waals surface area (Å²) in [6, 6.07) is 5.77. The number of ether oxygens (including phenoxy) is 1. The molecule has 0 saturated carbocycles. The fourth-order valence-electron chi connectivity index (χ4n) is 2.43. The van der Waals surface area contributed by atoms with Gasteiger partial charge in [-0.3, -0.25) is 0 Å². The molecule has 0 saturated heterocycles. The van der Waals surface area contributed by atoms with Gasteiger partial charge in [0.15, 0.2) is 0 Å². The first-order valence-corrected chi connectivity index (χ1v) is 7.78. The van der Waals surface area contributed by atoms with Gasteiger partial charge in [-0.25, -0.2) is 0 Å². The van der Waals surface area contributed by atoms with Gasteiger partial charge in [-0.05, 0) is 30.0 Å². The van der Waals surface area contributed by atoms with Gasteiger partial charge in [-0.2, -0.15) is 0 Å². The second-order valence-corrected chi connectivity index (χ2v) is 6.88. The Morgan fingerprint density at radius 1 is 1.25 bits per heavy atom. The van der Waals surface area contributed by atoms with Crippen LogP contribution in [0.5, 0.6) is 0 Å². The summed E-state index contributed by atoms with van der Waals surface area (Å²) in [7, 11) is 1.75. The molecule has 0 amide bonds. The van der Waals surface area contributed by atoms with Crippen LogP contribution in [0.3, 0.4) is 0 Å². The molecule has 0 fully saturated rings. The Balaban J connectivity index is 3.20. The lowest BCUT2D eigenvalue weighted by Crippen LogP contribution is -2.42. The van der Waals surface area contributed by atoms with Crippen LogP contribution >= 0.6 is 23.2 Å². The van der Waals surface area contributed by atoms with E-state index in [0.29, 0.717) is 10.0 Å². The summed E-state index contributed by atoms with van der Waals surface area (Å²) in [4.78, 5) is 0. The van der Waals surface area contributed by atoms with Crippen molar-refractivity contribution in [3.63, 3.8) is 0 Å². The molecule has 2 unspecified atom stereocenters. The van der Waals surface area contributed by atoms with E-state index in [9.17, 15) is 0 Å². The molecule has 4 heteroatoms. The second-order valence-electron chi connectivity index (χ2n) is 6.10. The van der Waals surface area contributed by atoms with E-state index in [4.69, 9.17) is 27.9 Å². The fraction of sp³-hybridized carbons (Fsp3) is 0.625. The van der Waals surface area contributed by atoms with E-state index >= 15 is 0 Å². The zero-order valence-electron chi connectivity index (χ0n) is 13.0. The van der Waals surface area contributed by atoms with Crippen LogP contribution in [0.2, 0.25) is 10.0 Å². The smallest absolute Gasteiger partial charge is 0.0814 e. The van der Waals surface area contributed by atoms with Crippen LogP contribution in [0.4, 0.5) is 0 Å². The molecule has 2 atom stereocenters. The summed E-state index contributed by atoms with van der Waals surface area (Å²) in [5.41, 5.74) is 0.987. The highest BCUT2D eigenvalue weighted by molar-refractivity contribution is 6.42. The maximum absolute atomic E-state index is 6.39. The molecule has 0 bridgehead atoms. The van der Waals surface area contributed by atoms with Crippen molar-refractivity contribution in [2.75, 3.05) is 13.7 Å². The molecule has 0 aliphatic heterocycles. The Morgan fingerprint density at radius 3 is 2.40 bits per heavy atom. The van der Waals surface area contributed by atoms with Gasteiger partial charge < -0.3 is 10.1 Å². The number of hydrogen-bond acceptors (Lipinski definition) is 2. The fourth-order valence-corrected chi connectivity index (χ4v) is 2.86. The molecule has 1 aromatic rings. The highest BCUT2D eigenvalue weighted by atomic mass is 35.5. The van der Waals surface area contributed by atoms with Crippen molar-refractivity contribution >= 4 is 23.2 Å². The zero-order valence-corrected chi connectivity index (χ0v) is 14.5. The summed E-state index contributed by atoms with van der Waals surface area (Å²) in [5.74, 6) is 0. The maximum Gasteiger partial charge on any atom is 0.0814 e. The van der Waals surface area contributed by atoms with Gasteiger partial charge in [0.2, 0.25) is 0 Å². The Kier molecular flexibility index (Phi) is 6.80. The number of halogens is 2. The van der Waals surface area contributed by atoms with Crippen molar-refractivity contribution in [2.24, 2.45) is 5.41 Å². The van der Waals surface area contributed by atoms with Gasteiger partial charge in [0.05, 0.1) is 22.2 Å². The SMILES string of the molecule is CCCNC(c1cccc(Cl)c1Cl)C(OC)C(C)(C)C. The van der Waals surface area contributed by atoms with Gasteiger partial charge in [0.1, 0.15) is 0 Å². The third kappa shape index (κ3) is 4.36. The van der Waals surface area contributed by atoms with E-state index in [0.717, 1.165) is 18.5 Å².